The molecule has 0 saturated carbocycles. The van der Waals surface area contributed by atoms with Gasteiger partial charge < -0.3 is 0 Å². The van der Waals surface area contributed by atoms with Crippen LogP contribution in [0, 0.1) is 0 Å². The fraction of sp³-hybridized carbons (Fsp3) is 0.0612. The third-order valence-corrected chi connectivity index (χ3v) is 11.0. The quantitative estimate of drug-likeness (QED) is 0.172. The van der Waals surface area contributed by atoms with Crippen molar-refractivity contribution in [2.24, 2.45) is 0 Å². The van der Waals surface area contributed by atoms with Gasteiger partial charge in [-0.05, 0) is 105 Å². The van der Waals surface area contributed by atoms with Gasteiger partial charge in [-0.15, -0.1) is 0 Å². The molecule has 0 heteroatoms. The Morgan fingerprint density at radius 2 is 0.816 bits per heavy atom. The molecule has 0 aromatic heterocycles. The van der Waals surface area contributed by atoms with Crippen molar-refractivity contribution in [3.05, 3.63) is 181 Å². The van der Waals surface area contributed by atoms with Crippen LogP contribution in [0.1, 0.15) is 25.0 Å². The summed E-state index contributed by atoms with van der Waals surface area (Å²) < 4.78 is 0. The van der Waals surface area contributed by atoms with Crippen LogP contribution in [0.3, 0.4) is 0 Å². The van der Waals surface area contributed by atoms with E-state index >= 15 is 0 Å². The van der Waals surface area contributed by atoms with E-state index in [1.54, 1.807) is 0 Å². The largest absolute Gasteiger partial charge is 0.0616 e. The Labute approximate surface area is 286 Å². The lowest BCUT2D eigenvalue weighted by Gasteiger charge is -2.22. The summed E-state index contributed by atoms with van der Waals surface area (Å²) in [6.07, 6.45) is 0. The molecule has 0 amide bonds. The Balaban J connectivity index is 1.22. The van der Waals surface area contributed by atoms with E-state index in [0.717, 1.165) is 0 Å². The average Bonchev–Trinajstić information content (AvgIpc) is 3.40. The van der Waals surface area contributed by atoms with Crippen LogP contribution in [0.25, 0.3) is 87.6 Å². The number of fused-ring (bicyclic) bond motifs is 8. The second-order valence-electron chi connectivity index (χ2n) is 14.0. The highest BCUT2D eigenvalue weighted by Crippen LogP contribution is 2.56. The maximum absolute atomic E-state index is 2.39. The van der Waals surface area contributed by atoms with E-state index < -0.39 is 0 Å². The van der Waals surface area contributed by atoms with Crippen LogP contribution < -0.4 is 0 Å². The van der Waals surface area contributed by atoms with E-state index in [-0.39, 0.29) is 5.41 Å². The second-order valence-corrected chi connectivity index (χ2v) is 14.0. The molecule has 0 unspecified atom stereocenters. The number of hydrogen-bond acceptors (Lipinski definition) is 0. The van der Waals surface area contributed by atoms with Crippen molar-refractivity contribution in [1.29, 1.82) is 0 Å². The minimum absolute atomic E-state index is 0.0942. The first-order valence-corrected chi connectivity index (χ1v) is 17.3. The molecular weight excluding hydrogens is 589 g/mol. The zero-order chi connectivity index (χ0) is 32.7. The Hall–Kier alpha value is -5.98. The molecule has 0 nitrogen and oxygen atoms in total. The topological polar surface area (TPSA) is 0 Å². The van der Waals surface area contributed by atoms with Crippen LogP contribution in [0.2, 0.25) is 0 Å². The molecule has 230 valence electrons. The van der Waals surface area contributed by atoms with Crippen LogP contribution in [0.15, 0.2) is 170 Å². The van der Waals surface area contributed by atoms with Gasteiger partial charge in [0.15, 0.2) is 0 Å². The van der Waals surface area contributed by atoms with E-state index in [1.165, 1.54) is 98.7 Å². The van der Waals surface area contributed by atoms with Crippen molar-refractivity contribution in [2.75, 3.05) is 0 Å². The van der Waals surface area contributed by atoms with Gasteiger partial charge in [-0.25, -0.2) is 0 Å². The van der Waals surface area contributed by atoms with Gasteiger partial charge in [0.1, 0.15) is 0 Å². The molecule has 0 heterocycles. The van der Waals surface area contributed by atoms with E-state index in [4.69, 9.17) is 0 Å². The van der Waals surface area contributed by atoms with Gasteiger partial charge in [0.2, 0.25) is 0 Å². The Morgan fingerprint density at radius 1 is 0.306 bits per heavy atom. The predicted molar refractivity (Wildman–Crippen MR) is 210 cm³/mol. The highest BCUT2D eigenvalue weighted by atomic mass is 14.4. The Morgan fingerprint density at radius 3 is 1.51 bits per heavy atom. The summed E-state index contributed by atoms with van der Waals surface area (Å²) in [7, 11) is 0. The monoisotopic (exact) mass is 622 g/mol. The first-order chi connectivity index (χ1) is 24.1. The molecule has 0 fully saturated rings. The predicted octanol–water partition coefficient (Wildman–Crippen LogP) is 13.6. The third-order valence-electron chi connectivity index (χ3n) is 11.0. The maximum Gasteiger partial charge on any atom is 0.0159 e. The van der Waals surface area contributed by atoms with Crippen molar-refractivity contribution < 1.29 is 0 Å². The molecule has 0 bridgehead atoms. The smallest absolute Gasteiger partial charge is 0.0159 e. The zero-order valence-electron chi connectivity index (χ0n) is 27.7. The minimum atomic E-state index is -0.0942. The average molecular weight is 623 g/mol. The molecule has 49 heavy (non-hydrogen) atoms. The lowest BCUT2D eigenvalue weighted by atomic mass is 9.80. The van der Waals surface area contributed by atoms with Crippen molar-refractivity contribution in [3.8, 4) is 44.5 Å². The molecule has 0 aliphatic heterocycles. The lowest BCUT2D eigenvalue weighted by Crippen LogP contribution is -2.14. The SMILES string of the molecule is CC1(C)c2cccc(-c3c4ccccc4c(-c4ccc(-c5ccc6ccccc6c5)cc4)c4ccccc34)c2-c2c1ccc1ccccc21. The number of rotatable bonds is 3. The summed E-state index contributed by atoms with van der Waals surface area (Å²) in [5, 5.41) is 10.3. The molecule has 1 aliphatic rings. The molecule has 0 spiro atoms. The molecular formula is C49H34. The van der Waals surface area contributed by atoms with Gasteiger partial charge in [0.25, 0.3) is 0 Å². The van der Waals surface area contributed by atoms with Gasteiger partial charge in [-0.2, -0.15) is 0 Å². The normalized spacial score (nSPS) is 13.3. The van der Waals surface area contributed by atoms with Gasteiger partial charge in [0.05, 0.1) is 0 Å². The lowest BCUT2D eigenvalue weighted by molar-refractivity contribution is 0.661. The van der Waals surface area contributed by atoms with Crippen molar-refractivity contribution in [1.82, 2.24) is 0 Å². The second kappa shape index (κ2) is 10.5. The van der Waals surface area contributed by atoms with Crippen LogP contribution in [0.4, 0.5) is 0 Å². The summed E-state index contributed by atoms with van der Waals surface area (Å²) >= 11 is 0. The van der Waals surface area contributed by atoms with Gasteiger partial charge >= 0.3 is 0 Å². The van der Waals surface area contributed by atoms with E-state index in [9.17, 15) is 0 Å². The van der Waals surface area contributed by atoms with E-state index in [2.05, 4.69) is 184 Å². The van der Waals surface area contributed by atoms with Gasteiger partial charge in [0, 0.05) is 5.41 Å². The Bertz CT molecular complexity index is 2720. The van der Waals surface area contributed by atoms with Gasteiger partial charge in [-0.3, -0.25) is 0 Å². The number of hydrogen-bond donors (Lipinski definition) is 0. The van der Waals surface area contributed by atoms with Crippen LogP contribution >= 0.6 is 0 Å². The fourth-order valence-electron chi connectivity index (χ4n) is 8.69. The summed E-state index contributed by atoms with van der Waals surface area (Å²) in [4.78, 5) is 0. The number of benzene rings is 9. The fourth-order valence-corrected chi connectivity index (χ4v) is 8.69. The van der Waals surface area contributed by atoms with Crippen LogP contribution in [0.5, 0.6) is 0 Å². The minimum Gasteiger partial charge on any atom is -0.0616 e. The molecule has 0 atom stereocenters. The van der Waals surface area contributed by atoms with Crippen molar-refractivity contribution in [3.63, 3.8) is 0 Å². The Kier molecular flexibility index (Phi) is 6.02. The molecule has 1 aliphatic carbocycles. The molecule has 10 rings (SSSR count). The molecule has 9 aromatic rings. The summed E-state index contributed by atoms with van der Waals surface area (Å²) in [6, 6.07) is 63.1. The maximum atomic E-state index is 2.39. The standard InChI is InChI=1S/C49H34/c1-49(2)43-21-11-20-42(48(43)47-37-15-6-5-13-33(37)28-29-44(47)49)46-40-18-9-7-16-38(40)45(39-17-8-10-19-41(39)46)34-25-22-32(23-26-34)36-27-24-31-12-3-4-14-35(31)30-36/h3-30H,1-2H3. The van der Waals surface area contributed by atoms with Gasteiger partial charge in [-0.1, -0.05) is 178 Å². The van der Waals surface area contributed by atoms with Crippen molar-refractivity contribution in [2.45, 2.75) is 19.3 Å². The highest BCUT2D eigenvalue weighted by Gasteiger charge is 2.38. The van der Waals surface area contributed by atoms with E-state index in [0.29, 0.717) is 0 Å². The van der Waals surface area contributed by atoms with Crippen LogP contribution in [-0.4, -0.2) is 0 Å². The molecule has 0 N–H and O–H groups in total. The van der Waals surface area contributed by atoms with Crippen LogP contribution in [-0.2, 0) is 5.41 Å². The first-order valence-electron chi connectivity index (χ1n) is 17.3. The summed E-state index contributed by atoms with van der Waals surface area (Å²) in [5.41, 5.74) is 13.1. The van der Waals surface area contributed by atoms with E-state index in [1.807, 2.05) is 0 Å². The highest BCUT2D eigenvalue weighted by molar-refractivity contribution is 6.23. The molecule has 0 radical (unpaired) electrons. The van der Waals surface area contributed by atoms with Crippen molar-refractivity contribution >= 4 is 43.1 Å². The molecule has 0 saturated heterocycles. The molecule has 9 aromatic carbocycles. The first kappa shape index (κ1) is 28.1. The zero-order valence-corrected chi connectivity index (χ0v) is 27.7. The summed E-state index contributed by atoms with van der Waals surface area (Å²) in [5.74, 6) is 0. The third kappa shape index (κ3) is 4.11. The summed E-state index contributed by atoms with van der Waals surface area (Å²) in [6.45, 7) is 4.77.